The van der Waals surface area contributed by atoms with Gasteiger partial charge in [0.2, 0.25) is 10.0 Å². The fourth-order valence-corrected chi connectivity index (χ4v) is 2.70. The average molecular weight is 208 g/mol. The summed E-state index contributed by atoms with van der Waals surface area (Å²) < 4.78 is 24.4. The normalized spacial score (nSPS) is 26.2. The molecule has 0 radical (unpaired) electrons. The molecule has 2 N–H and O–H groups in total. The van der Waals surface area contributed by atoms with Crippen molar-refractivity contribution in [1.29, 1.82) is 0 Å². The van der Waals surface area contributed by atoms with E-state index >= 15 is 0 Å². The quantitative estimate of drug-likeness (QED) is 0.598. The minimum Gasteiger partial charge on any atom is -0.395 e. The number of hydrogen-bond acceptors (Lipinski definition) is 4. The summed E-state index contributed by atoms with van der Waals surface area (Å²) >= 11 is 0. The number of aliphatic hydroxyl groups excluding tert-OH is 1. The van der Waals surface area contributed by atoms with Crippen molar-refractivity contribution in [1.82, 2.24) is 9.62 Å². The highest BCUT2D eigenvalue weighted by atomic mass is 32.2. The Morgan fingerprint density at radius 2 is 2.31 bits per heavy atom. The van der Waals surface area contributed by atoms with Crippen LogP contribution in [0.15, 0.2) is 0 Å². The van der Waals surface area contributed by atoms with Crippen molar-refractivity contribution in [2.75, 3.05) is 32.0 Å². The Bertz CT molecular complexity index is 252. The van der Waals surface area contributed by atoms with Gasteiger partial charge in [-0.3, -0.25) is 0 Å². The number of aliphatic hydroxyl groups is 1. The Morgan fingerprint density at radius 1 is 1.62 bits per heavy atom. The summed E-state index contributed by atoms with van der Waals surface area (Å²) in [5.41, 5.74) is 0. The third-order valence-electron chi connectivity index (χ3n) is 2.07. The lowest BCUT2D eigenvalue weighted by Gasteiger charge is -2.30. The van der Waals surface area contributed by atoms with Gasteiger partial charge in [0, 0.05) is 25.7 Å². The van der Waals surface area contributed by atoms with Crippen molar-refractivity contribution < 1.29 is 13.5 Å². The Kier molecular flexibility index (Phi) is 3.66. The molecule has 1 fully saturated rings. The van der Waals surface area contributed by atoms with Crippen molar-refractivity contribution in [2.24, 2.45) is 0 Å². The van der Waals surface area contributed by atoms with Crippen LogP contribution in [-0.2, 0) is 10.0 Å². The Morgan fingerprint density at radius 3 is 2.85 bits per heavy atom. The van der Waals surface area contributed by atoms with Gasteiger partial charge in [-0.25, -0.2) is 8.42 Å². The van der Waals surface area contributed by atoms with E-state index in [-0.39, 0.29) is 18.4 Å². The average Bonchev–Trinajstić information content (AvgIpc) is 2.04. The summed E-state index contributed by atoms with van der Waals surface area (Å²) in [6, 6.07) is 0.196. The van der Waals surface area contributed by atoms with Crippen LogP contribution in [0.2, 0.25) is 0 Å². The van der Waals surface area contributed by atoms with Gasteiger partial charge >= 0.3 is 0 Å². The van der Waals surface area contributed by atoms with Crippen molar-refractivity contribution >= 4 is 10.0 Å². The van der Waals surface area contributed by atoms with Crippen molar-refractivity contribution in [2.45, 2.75) is 13.0 Å². The molecule has 0 amide bonds. The predicted molar refractivity (Wildman–Crippen MR) is 49.9 cm³/mol. The van der Waals surface area contributed by atoms with E-state index in [1.165, 1.54) is 4.31 Å². The number of sulfonamides is 1. The van der Waals surface area contributed by atoms with Crippen LogP contribution in [0.1, 0.15) is 6.92 Å². The number of hydrogen-bond donors (Lipinski definition) is 2. The van der Waals surface area contributed by atoms with Gasteiger partial charge in [-0.1, -0.05) is 0 Å². The Hall–Kier alpha value is -0.170. The third kappa shape index (κ3) is 2.91. The molecule has 0 bridgehead atoms. The minimum absolute atomic E-state index is 0.167. The van der Waals surface area contributed by atoms with E-state index in [1.807, 2.05) is 6.92 Å². The molecule has 1 aliphatic heterocycles. The summed E-state index contributed by atoms with van der Waals surface area (Å²) in [5, 5.41) is 11.7. The number of nitrogens with zero attached hydrogens (tertiary/aromatic N) is 1. The van der Waals surface area contributed by atoms with Gasteiger partial charge in [0.1, 0.15) is 0 Å². The molecule has 1 atom stereocenters. The maximum atomic E-state index is 11.5. The van der Waals surface area contributed by atoms with E-state index in [1.54, 1.807) is 0 Å². The first-order chi connectivity index (χ1) is 6.06. The SMILES string of the molecule is CC1CN(S(=O)(=O)CCO)CCN1. The van der Waals surface area contributed by atoms with E-state index in [2.05, 4.69) is 5.32 Å². The zero-order valence-electron chi connectivity index (χ0n) is 7.73. The highest BCUT2D eigenvalue weighted by Crippen LogP contribution is 2.05. The summed E-state index contributed by atoms with van der Waals surface area (Å²) in [7, 11) is -3.22. The standard InChI is InChI=1S/C7H16N2O3S/c1-7-6-9(3-2-8-7)13(11,12)5-4-10/h7-8,10H,2-6H2,1H3. The summed E-state index contributed by atoms with van der Waals surface area (Å²) in [6.07, 6.45) is 0. The molecule has 0 aliphatic carbocycles. The number of piperazine rings is 1. The van der Waals surface area contributed by atoms with Crippen LogP contribution in [0.4, 0.5) is 0 Å². The molecular weight excluding hydrogens is 192 g/mol. The maximum Gasteiger partial charge on any atom is 0.216 e. The van der Waals surface area contributed by atoms with Crippen LogP contribution in [0.5, 0.6) is 0 Å². The molecule has 78 valence electrons. The fourth-order valence-electron chi connectivity index (χ4n) is 1.39. The zero-order valence-corrected chi connectivity index (χ0v) is 8.55. The van der Waals surface area contributed by atoms with E-state index in [0.29, 0.717) is 19.6 Å². The summed E-state index contributed by atoms with van der Waals surface area (Å²) in [5.74, 6) is -0.167. The number of rotatable bonds is 3. The molecule has 6 heteroatoms. The second-order valence-corrected chi connectivity index (χ2v) is 5.34. The smallest absolute Gasteiger partial charge is 0.216 e. The molecule has 0 aromatic rings. The van der Waals surface area contributed by atoms with Gasteiger partial charge in [0.05, 0.1) is 12.4 Å². The molecule has 1 rings (SSSR count). The van der Waals surface area contributed by atoms with Gasteiger partial charge in [0.15, 0.2) is 0 Å². The molecule has 1 heterocycles. The molecule has 1 saturated heterocycles. The van der Waals surface area contributed by atoms with E-state index in [9.17, 15) is 8.42 Å². The first kappa shape index (κ1) is 10.9. The first-order valence-corrected chi connectivity index (χ1v) is 5.99. The van der Waals surface area contributed by atoms with Crippen LogP contribution in [0.3, 0.4) is 0 Å². The highest BCUT2D eigenvalue weighted by molar-refractivity contribution is 7.89. The topological polar surface area (TPSA) is 69.6 Å². The van der Waals surface area contributed by atoms with E-state index in [4.69, 9.17) is 5.11 Å². The zero-order chi connectivity index (χ0) is 9.90. The lowest BCUT2D eigenvalue weighted by molar-refractivity contribution is 0.294. The van der Waals surface area contributed by atoms with Crippen LogP contribution in [-0.4, -0.2) is 55.9 Å². The van der Waals surface area contributed by atoms with Crippen molar-refractivity contribution in [3.8, 4) is 0 Å². The molecule has 0 spiro atoms. The van der Waals surface area contributed by atoms with Gasteiger partial charge in [-0.05, 0) is 6.92 Å². The van der Waals surface area contributed by atoms with Crippen LogP contribution < -0.4 is 5.32 Å². The second-order valence-electron chi connectivity index (χ2n) is 3.25. The molecular formula is C7H16N2O3S. The predicted octanol–water partition coefficient (Wildman–Crippen LogP) is -1.40. The molecule has 5 nitrogen and oxygen atoms in total. The molecule has 1 unspecified atom stereocenters. The molecule has 0 aromatic heterocycles. The molecule has 1 aliphatic rings. The lowest BCUT2D eigenvalue weighted by atomic mass is 10.3. The Balaban J connectivity index is 2.60. The van der Waals surface area contributed by atoms with Crippen molar-refractivity contribution in [3.05, 3.63) is 0 Å². The summed E-state index contributed by atoms with van der Waals surface area (Å²) in [4.78, 5) is 0. The highest BCUT2D eigenvalue weighted by Gasteiger charge is 2.25. The molecule has 0 saturated carbocycles. The van der Waals surface area contributed by atoms with Crippen molar-refractivity contribution in [3.63, 3.8) is 0 Å². The maximum absolute atomic E-state index is 11.5. The van der Waals surface area contributed by atoms with Crippen LogP contribution in [0.25, 0.3) is 0 Å². The molecule has 0 aromatic carbocycles. The fraction of sp³-hybridized carbons (Fsp3) is 1.00. The van der Waals surface area contributed by atoms with Gasteiger partial charge < -0.3 is 10.4 Å². The van der Waals surface area contributed by atoms with Gasteiger partial charge in [0.25, 0.3) is 0 Å². The lowest BCUT2D eigenvalue weighted by Crippen LogP contribution is -2.52. The minimum atomic E-state index is -3.22. The largest absolute Gasteiger partial charge is 0.395 e. The third-order valence-corrected chi connectivity index (χ3v) is 3.89. The van der Waals surface area contributed by atoms with E-state index < -0.39 is 10.0 Å². The van der Waals surface area contributed by atoms with Crippen LogP contribution in [0, 0.1) is 0 Å². The first-order valence-electron chi connectivity index (χ1n) is 4.38. The molecule has 13 heavy (non-hydrogen) atoms. The van der Waals surface area contributed by atoms with Gasteiger partial charge in [-0.2, -0.15) is 4.31 Å². The number of nitrogens with one attached hydrogen (secondary N) is 1. The monoisotopic (exact) mass is 208 g/mol. The van der Waals surface area contributed by atoms with Gasteiger partial charge in [-0.15, -0.1) is 0 Å². The van der Waals surface area contributed by atoms with E-state index in [0.717, 1.165) is 0 Å². The Labute approximate surface area is 78.8 Å². The second kappa shape index (κ2) is 4.36. The van der Waals surface area contributed by atoms with Crippen LogP contribution >= 0.6 is 0 Å². The summed E-state index contributed by atoms with van der Waals surface area (Å²) in [6.45, 7) is 3.34.